The van der Waals surface area contributed by atoms with Crippen LogP contribution in [0.4, 0.5) is 17.1 Å². The Kier molecular flexibility index (Phi) is 18.4. The van der Waals surface area contributed by atoms with Gasteiger partial charge in [-0.2, -0.15) is 0 Å². The van der Waals surface area contributed by atoms with Gasteiger partial charge in [-0.25, -0.2) is 4.99 Å². The number of nitrogens with one attached hydrogen (secondary N) is 5. The van der Waals surface area contributed by atoms with Crippen LogP contribution in [0.3, 0.4) is 0 Å². The van der Waals surface area contributed by atoms with E-state index in [2.05, 4.69) is 74.4 Å². The van der Waals surface area contributed by atoms with E-state index in [0.717, 1.165) is 24.8 Å². The molecule has 0 heterocycles. The maximum atomic E-state index is 13.7. The zero-order valence-corrected chi connectivity index (χ0v) is 39.4. The number of guanidine groups is 3. The molecule has 64 heavy (non-hydrogen) atoms. The molecule has 0 radical (unpaired) electrons. The standard InChI is InChI=1S/C49H46Br3N9O3/c50-38-19-25-41(26-20-38)55-47(58-44(62)35-13-4-1-5-14-35)53-31-10-11-33-61(49(57-43-29-23-40(52)24-30-43)60-46(64)37-17-8-3-9-18-37)34-12-32-54-48(56-42-27-21-39(51)22-28-42)59-45(63)36-15-6-2-7-16-36/h1-9,13-30H,10-12,31-34H2,(H,57,60,64)(H2,53,55,58,62)(H2,54,56,59,63). The van der Waals surface area contributed by atoms with Crippen molar-refractivity contribution in [1.29, 1.82) is 0 Å². The number of hydrogen-bond acceptors (Lipinski definition) is 6. The molecule has 6 rings (SSSR count). The summed E-state index contributed by atoms with van der Waals surface area (Å²) in [5, 5.41) is 15.4. The molecule has 3 amide bonds. The lowest BCUT2D eigenvalue weighted by atomic mass is 10.2. The second-order valence-corrected chi connectivity index (χ2v) is 16.9. The number of unbranched alkanes of at least 4 members (excludes halogenated alkanes) is 1. The summed E-state index contributed by atoms with van der Waals surface area (Å²) >= 11 is 10.5. The Morgan fingerprint density at radius 2 is 0.812 bits per heavy atom. The smallest absolute Gasteiger partial charge is 0.257 e. The number of benzene rings is 6. The highest BCUT2D eigenvalue weighted by Crippen LogP contribution is 2.19. The van der Waals surface area contributed by atoms with Gasteiger partial charge >= 0.3 is 0 Å². The van der Waals surface area contributed by atoms with Crippen molar-refractivity contribution in [3.05, 3.63) is 194 Å². The fourth-order valence-electron chi connectivity index (χ4n) is 6.06. The first-order valence-corrected chi connectivity index (χ1v) is 22.9. The SMILES string of the molecule is O=C(NC(=NCCCCN(CCCN=C(NC(=O)c1ccccc1)Nc1ccc(Br)cc1)C(=Nc1ccc(Br)cc1)NC(=O)c1ccccc1)Nc1ccc(Br)cc1)c1ccccc1. The minimum Gasteiger partial charge on any atom is -0.342 e. The highest BCUT2D eigenvalue weighted by atomic mass is 79.9. The first-order chi connectivity index (χ1) is 31.2. The number of carbonyl (C=O) groups is 3. The summed E-state index contributed by atoms with van der Waals surface area (Å²) < 4.78 is 2.75. The second-order valence-electron chi connectivity index (χ2n) is 14.1. The van der Waals surface area contributed by atoms with E-state index in [1.54, 1.807) is 36.4 Å². The summed E-state index contributed by atoms with van der Waals surface area (Å²) in [5.74, 6) is 0.124. The van der Waals surface area contributed by atoms with Gasteiger partial charge in [0.15, 0.2) is 0 Å². The molecule has 0 atom stereocenters. The molecule has 0 aliphatic heterocycles. The minimum atomic E-state index is -0.300. The third-order valence-corrected chi connectivity index (χ3v) is 10.9. The molecule has 326 valence electrons. The summed E-state index contributed by atoms with van der Waals surface area (Å²) in [7, 11) is 0. The zero-order chi connectivity index (χ0) is 44.9. The van der Waals surface area contributed by atoms with Gasteiger partial charge in [-0.15, -0.1) is 0 Å². The monoisotopic (exact) mass is 1050 g/mol. The summed E-state index contributed by atoms with van der Waals surface area (Å²) in [6, 6.07) is 49.6. The normalized spacial score (nSPS) is 11.6. The van der Waals surface area contributed by atoms with Crippen molar-refractivity contribution in [2.75, 3.05) is 36.8 Å². The van der Waals surface area contributed by atoms with Crippen molar-refractivity contribution >= 4 is 100 Å². The number of carbonyl (C=O) groups excluding carboxylic acids is 3. The largest absolute Gasteiger partial charge is 0.342 e. The van der Waals surface area contributed by atoms with Crippen LogP contribution in [0.2, 0.25) is 0 Å². The maximum absolute atomic E-state index is 13.7. The van der Waals surface area contributed by atoms with Crippen LogP contribution in [0.5, 0.6) is 0 Å². The molecular weight excluding hydrogens is 1000 g/mol. The predicted octanol–water partition coefficient (Wildman–Crippen LogP) is 10.7. The molecule has 12 nitrogen and oxygen atoms in total. The van der Waals surface area contributed by atoms with E-state index < -0.39 is 0 Å². The molecule has 6 aromatic rings. The number of hydrogen-bond donors (Lipinski definition) is 5. The van der Waals surface area contributed by atoms with E-state index in [-0.39, 0.29) is 17.7 Å². The summed E-state index contributed by atoms with van der Waals surface area (Å²) in [6.45, 7) is 1.69. The van der Waals surface area contributed by atoms with Gasteiger partial charge in [0.1, 0.15) is 0 Å². The highest BCUT2D eigenvalue weighted by Gasteiger charge is 2.17. The molecule has 0 aliphatic rings. The lowest BCUT2D eigenvalue weighted by molar-refractivity contribution is 0.0965. The van der Waals surface area contributed by atoms with Gasteiger partial charge in [0.25, 0.3) is 17.7 Å². The first-order valence-electron chi connectivity index (χ1n) is 20.5. The molecule has 0 saturated heterocycles. The molecule has 5 N–H and O–H groups in total. The van der Waals surface area contributed by atoms with Crippen molar-refractivity contribution in [3.63, 3.8) is 0 Å². The summed E-state index contributed by atoms with van der Waals surface area (Å²) in [5.41, 5.74) is 3.68. The van der Waals surface area contributed by atoms with Gasteiger partial charge in [0.05, 0.1) is 5.69 Å². The molecule has 0 saturated carbocycles. The van der Waals surface area contributed by atoms with Crippen LogP contribution in [0.15, 0.2) is 192 Å². The van der Waals surface area contributed by atoms with Crippen molar-refractivity contribution in [1.82, 2.24) is 20.9 Å². The quantitative estimate of drug-likeness (QED) is 0.0392. The third-order valence-electron chi connectivity index (χ3n) is 9.33. The van der Waals surface area contributed by atoms with E-state index in [1.807, 2.05) is 132 Å². The van der Waals surface area contributed by atoms with Crippen LogP contribution in [0, 0.1) is 0 Å². The molecular formula is C49H46Br3N9O3. The van der Waals surface area contributed by atoms with Crippen LogP contribution in [-0.4, -0.2) is 66.7 Å². The number of aliphatic imine (C=N–C) groups is 3. The average molecular weight is 1050 g/mol. The fraction of sp³-hybridized carbons (Fsp3) is 0.143. The Labute approximate surface area is 398 Å². The van der Waals surface area contributed by atoms with Crippen LogP contribution >= 0.6 is 47.8 Å². The predicted molar refractivity (Wildman–Crippen MR) is 269 cm³/mol. The van der Waals surface area contributed by atoms with Gasteiger partial charge in [-0.05, 0) is 128 Å². The van der Waals surface area contributed by atoms with Crippen molar-refractivity contribution in [2.45, 2.75) is 19.3 Å². The van der Waals surface area contributed by atoms with Gasteiger partial charge in [0, 0.05) is 67.7 Å². The van der Waals surface area contributed by atoms with Gasteiger partial charge < -0.3 is 15.5 Å². The topological polar surface area (TPSA) is 152 Å². The Balaban J connectivity index is 1.21. The average Bonchev–Trinajstić information content (AvgIpc) is 3.32. The molecule has 15 heteroatoms. The van der Waals surface area contributed by atoms with Crippen LogP contribution in [-0.2, 0) is 0 Å². The van der Waals surface area contributed by atoms with Crippen molar-refractivity contribution in [2.24, 2.45) is 15.0 Å². The highest BCUT2D eigenvalue weighted by molar-refractivity contribution is 9.11. The van der Waals surface area contributed by atoms with E-state index in [1.165, 1.54) is 0 Å². The van der Waals surface area contributed by atoms with Crippen LogP contribution in [0.1, 0.15) is 50.3 Å². The Morgan fingerprint density at radius 3 is 1.25 bits per heavy atom. The molecule has 0 aliphatic carbocycles. The molecule has 0 aromatic heterocycles. The summed E-state index contributed by atoms with van der Waals surface area (Å²) in [4.78, 5) is 56.6. The van der Waals surface area contributed by atoms with E-state index in [0.29, 0.717) is 85.7 Å². The maximum Gasteiger partial charge on any atom is 0.257 e. The van der Waals surface area contributed by atoms with E-state index >= 15 is 0 Å². The summed E-state index contributed by atoms with van der Waals surface area (Å²) in [6.07, 6.45) is 1.85. The number of amides is 3. The molecule has 6 aromatic carbocycles. The number of nitrogens with zero attached hydrogens (tertiary/aromatic N) is 4. The third kappa shape index (κ3) is 15.7. The Bertz CT molecular complexity index is 2530. The molecule has 0 bridgehead atoms. The van der Waals surface area contributed by atoms with Crippen LogP contribution < -0.4 is 26.6 Å². The Morgan fingerprint density at radius 1 is 0.438 bits per heavy atom. The van der Waals surface area contributed by atoms with Crippen LogP contribution in [0.25, 0.3) is 0 Å². The zero-order valence-electron chi connectivity index (χ0n) is 34.7. The number of rotatable bonds is 15. The fourth-order valence-corrected chi connectivity index (χ4v) is 6.85. The van der Waals surface area contributed by atoms with E-state index in [4.69, 9.17) is 15.0 Å². The number of halogens is 3. The lowest BCUT2D eigenvalue weighted by Crippen LogP contribution is -2.45. The first kappa shape index (κ1) is 47.1. The second kappa shape index (κ2) is 25.0. The molecule has 0 fully saturated rings. The lowest BCUT2D eigenvalue weighted by Gasteiger charge is -2.26. The van der Waals surface area contributed by atoms with Gasteiger partial charge in [-0.1, -0.05) is 102 Å². The van der Waals surface area contributed by atoms with Crippen molar-refractivity contribution in [3.8, 4) is 0 Å². The van der Waals surface area contributed by atoms with Crippen molar-refractivity contribution < 1.29 is 14.4 Å². The van der Waals surface area contributed by atoms with E-state index in [9.17, 15) is 14.4 Å². The molecule has 0 spiro atoms. The Hall–Kier alpha value is -6.42. The minimum absolute atomic E-state index is 0.282. The molecule has 0 unspecified atom stereocenters. The van der Waals surface area contributed by atoms with Gasteiger partial charge in [0.2, 0.25) is 17.9 Å². The van der Waals surface area contributed by atoms with Gasteiger partial charge in [-0.3, -0.25) is 40.3 Å². The number of anilines is 2.